The Kier molecular flexibility index (Phi) is 7.86. The van der Waals surface area contributed by atoms with Crippen LogP contribution >= 0.6 is 15.0 Å². The first-order valence-electron chi connectivity index (χ1n) is 6.97. The lowest BCUT2D eigenvalue weighted by atomic mass is 11.2. The number of nitrogens with zero attached hydrogens (tertiary/aromatic N) is 7. The lowest BCUT2D eigenvalue weighted by molar-refractivity contribution is 0.458. The van der Waals surface area contributed by atoms with Gasteiger partial charge < -0.3 is 0 Å². The second-order valence-electron chi connectivity index (χ2n) is 6.25. The highest BCUT2D eigenvalue weighted by atomic mass is 31.2. The van der Waals surface area contributed by atoms with Crippen LogP contribution in [0.1, 0.15) is 0 Å². The molecule has 0 heterocycles. The fourth-order valence-corrected chi connectivity index (χ4v) is 12.2. The van der Waals surface area contributed by atoms with Crippen molar-refractivity contribution in [1.82, 2.24) is 32.2 Å². The standard InChI is InChI=1S/C12H36N7P2/c1-14(2)20(15(3)4,16(5)6)13-21(17(7)8,18(9)10)19(11)12/h1-12H3/q+1. The van der Waals surface area contributed by atoms with E-state index in [4.69, 9.17) is 4.17 Å². The van der Waals surface area contributed by atoms with E-state index in [1.165, 1.54) is 0 Å². The molecule has 128 valence electrons. The number of rotatable bonds is 6. The first-order valence-corrected chi connectivity index (χ1v) is 10.2. The minimum absolute atomic E-state index is 1.95. The molecule has 0 aliphatic carbocycles. The Morgan fingerprint density at radius 1 is 0.381 bits per heavy atom. The van der Waals surface area contributed by atoms with Gasteiger partial charge in [0.2, 0.25) is 0 Å². The van der Waals surface area contributed by atoms with E-state index in [1.54, 1.807) is 0 Å². The van der Waals surface area contributed by atoms with Crippen molar-refractivity contribution in [2.45, 2.75) is 0 Å². The molecule has 9 heteroatoms. The van der Waals surface area contributed by atoms with Crippen molar-refractivity contribution < 1.29 is 0 Å². The zero-order chi connectivity index (χ0) is 17.2. The maximum atomic E-state index is 5.51. The van der Waals surface area contributed by atoms with E-state index < -0.39 is 15.0 Å². The summed E-state index contributed by atoms with van der Waals surface area (Å²) >= 11 is 0. The van der Waals surface area contributed by atoms with E-state index in [2.05, 4.69) is 113 Å². The molecule has 0 aromatic heterocycles. The molecule has 0 aliphatic rings. The van der Waals surface area contributed by atoms with Crippen molar-refractivity contribution >= 4 is 15.0 Å². The van der Waals surface area contributed by atoms with E-state index in [0.717, 1.165) is 0 Å². The Labute approximate surface area is 132 Å². The summed E-state index contributed by atoms with van der Waals surface area (Å²) in [6.07, 6.45) is 0. The lowest BCUT2D eigenvalue weighted by Gasteiger charge is -2.34. The van der Waals surface area contributed by atoms with Crippen LogP contribution in [0.4, 0.5) is 0 Å². The molecule has 7 nitrogen and oxygen atoms in total. The summed E-state index contributed by atoms with van der Waals surface area (Å²) in [4.78, 5) is 0. The Morgan fingerprint density at radius 2 is 0.524 bits per heavy atom. The van der Waals surface area contributed by atoms with Gasteiger partial charge in [-0.25, -0.2) is 28.0 Å². The van der Waals surface area contributed by atoms with Gasteiger partial charge in [0.15, 0.2) is 0 Å². The predicted molar refractivity (Wildman–Crippen MR) is 98.1 cm³/mol. The fraction of sp³-hybridized carbons (Fsp3) is 1.00. The van der Waals surface area contributed by atoms with Crippen LogP contribution in [-0.4, -0.2) is 113 Å². The molecule has 0 N–H and O–H groups in total. The largest absolute Gasteiger partial charge is 0.430 e. The van der Waals surface area contributed by atoms with Crippen LogP contribution in [-0.2, 0) is 0 Å². The first-order chi connectivity index (χ1) is 9.37. The van der Waals surface area contributed by atoms with Gasteiger partial charge >= 0.3 is 15.0 Å². The van der Waals surface area contributed by atoms with Crippen LogP contribution in [0.5, 0.6) is 0 Å². The second kappa shape index (κ2) is 7.74. The minimum atomic E-state index is -1.95. The molecule has 21 heavy (non-hydrogen) atoms. The maximum absolute atomic E-state index is 5.51. The molecule has 0 aliphatic heterocycles. The van der Waals surface area contributed by atoms with E-state index in [9.17, 15) is 0 Å². The van der Waals surface area contributed by atoms with E-state index in [0.29, 0.717) is 0 Å². The highest BCUT2D eigenvalue weighted by Gasteiger charge is 2.47. The summed E-state index contributed by atoms with van der Waals surface area (Å²) in [7, 11) is 21.5. The maximum Gasteiger partial charge on any atom is 0.430 e. The van der Waals surface area contributed by atoms with Crippen molar-refractivity contribution in [3.63, 3.8) is 0 Å². The van der Waals surface area contributed by atoms with Crippen molar-refractivity contribution in [3.05, 3.63) is 0 Å². The van der Waals surface area contributed by atoms with Gasteiger partial charge in [0, 0.05) is 0 Å². The number of hydrogen-bond donors (Lipinski definition) is 0. The van der Waals surface area contributed by atoms with Crippen LogP contribution in [0.3, 0.4) is 0 Å². The lowest BCUT2D eigenvalue weighted by Crippen LogP contribution is -2.36. The van der Waals surface area contributed by atoms with E-state index in [1.807, 2.05) is 0 Å². The van der Waals surface area contributed by atoms with E-state index in [-0.39, 0.29) is 0 Å². The van der Waals surface area contributed by atoms with E-state index >= 15 is 0 Å². The SMILES string of the molecule is CN(C)P(=[N+]=P(N(C)C)(N(C)C)N(C)C)(N(C)C)N(C)C. The monoisotopic (exact) mass is 340 g/mol. The predicted octanol–water partition coefficient (Wildman–Crippen LogP) is 1.32. The third kappa shape index (κ3) is 3.81. The summed E-state index contributed by atoms with van der Waals surface area (Å²) in [5.41, 5.74) is 0. The third-order valence-electron chi connectivity index (χ3n) is 3.46. The Hall–Kier alpha value is 0.330. The normalized spacial score (nSPS) is 14.2. The van der Waals surface area contributed by atoms with Gasteiger partial charge in [-0.3, -0.25) is 0 Å². The average Bonchev–Trinajstić information content (AvgIpc) is 2.26. The van der Waals surface area contributed by atoms with Gasteiger partial charge in [-0.1, -0.05) is 4.17 Å². The topological polar surface area (TPSA) is 33.5 Å². The zero-order valence-electron chi connectivity index (χ0n) is 16.0. The minimum Gasteiger partial charge on any atom is -0.202 e. The van der Waals surface area contributed by atoms with Gasteiger partial charge in [0.05, 0.1) is 0 Å². The van der Waals surface area contributed by atoms with Crippen LogP contribution < -0.4 is 4.17 Å². The molecule has 0 amide bonds. The fourth-order valence-electron chi connectivity index (χ4n) is 2.79. The molecule has 0 rings (SSSR count). The number of hydrogen-bond acceptors (Lipinski definition) is 0. The molecule has 0 aromatic carbocycles. The highest BCUT2D eigenvalue weighted by molar-refractivity contribution is 7.66. The molecular weight excluding hydrogens is 304 g/mol. The summed E-state index contributed by atoms with van der Waals surface area (Å²) in [6, 6.07) is 0. The van der Waals surface area contributed by atoms with Gasteiger partial charge in [0.25, 0.3) is 0 Å². The van der Waals surface area contributed by atoms with Crippen LogP contribution in [0.25, 0.3) is 0 Å². The molecule has 0 saturated heterocycles. The molecule has 0 spiro atoms. The summed E-state index contributed by atoms with van der Waals surface area (Å²) in [5.74, 6) is 0. The molecule has 0 fully saturated rings. The summed E-state index contributed by atoms with van der Waals surface area (Å²) in [6.45, 7) is 0. The van der Waals surface area contributed by atoms with Gasteiger partial charge in [-0.05, 0) is 84.6 Å². The van der Waals surface area contributed by atoms with Gasteiger partial charge in [-0.15, -0.1) is 0 Å². The molecular formula is C12H36N7P2+. The van der Waals surface area contributed by atoms with Crippen LogP contribution in [0.15, 0.2) is 0 Å². The summed E-state index contributed by atoms with van der Waals surface area (Å²) < 4.78 is 19.1. The third-order valence-corrected chi connectivity index (χ3v) is 11.8. The molecule has 0 radical (unpaired) electrons. The first kappa shape index (κ1) is 21.3. The Bertz CT molecular complexity index is 353. The molecule has 0 aromatic rings. The van der Waals surface area contributed by atoms with Gasteiger partial charge in [-0.2, -0.15) is 0 Å². The van der Waals surface area contributed by atoms with Gasteiger partial charge in [0.1, 0.15) is 0 Å². The van der Waals surface area contributed by atoms with Crippen molar-refractivity contribution in [2.75, 3.05) is 84.6 Å². The van der Waals surface area contributed by atoms with Crippen molar-refractivity contribution in [2.24, 2.45) is 0 Å². The molecule has 0 atom stereocenters. The smallest absolute Gasteiger partial charge is 0.202 e. The highest BCUT2D eigenvalue weighted by Crippen LogP contribution is 2.58. The molecule has 0 unspecified atom stereocenters. The van der Waals surface area contributed by atoms with Crippen LogP contribution in [0.2, 0.25) is 0 Å². The van der Waals surface area contributed by atoms with Crippen molar-refractivity contribution in [3.8, 4) is 0 Å². The Balaban J connectivity index is 7.26. The zero-order valence-corrected chi connectivity index (χ0v) is 17.8. The quantitative estimate of drug-likeness (QED) is 0.536. The molecule has 0 saturated carbocycles. The van der Waals surface area contributed by atoms with Crippen LogP contribution in [0, 0.1) is 0 Å². The van der Waals surface area contributed by atoms with Crippen molar-refractivity contribution in [1.29, 1.82) is 0 Å². The molecule has 0 bridgehead atoms. The average molecular weight is 340 g/mol. The second-order valence-corrected chi connectivity index (χ2v) is 13.9. The summed E-state index contributed by atoms with van der Waals surface area (Å²) in [5, 5.41) is 0. The Morgan fingerprint density at radius 3 is 0.619 bits per heavy atom.